The molecule has 0 spiro atoms. The van der Waals surface area contributed by atoms with E-state index in [0.29, 0.717) is 18.8 Å². The lowest BCUT2D eigenvalue weighted by Gasteiger charge is -2.22. The van der Waals surface area contributed by atoms with Crippen LogP contribution in [0, 0.1) is 0 Å². The summed E-state index contributed by atoms with van der Waals surface area (Å²) < 4.78 is 40.6. The molecule has 0 amide bonds. The van der Waals surface area contributed by atoms with Gasteiger partial charge in [0, 0.05) is 19.2 Å². The molecule has 1 aromatic carbocycles. The fraction of sp³-hybridized carbons (Fsp3) is 0.471. The summed E-state index contributed by atoms with van der Waals surface area (Å²) in [7, 11) is -3.64. The van der Waals surface area contributed by atoms with Crippen LogP contribution in [-0.4, -0.2) is 37.5 Å². The summed E-state index contributed by atoms with van der Waals surface area (Å²) in [6, 6.07) is 4.94. The second-order valence-corrected chi connectivity index (χ2v) is 8.10. The van der Waals surface area contributed by atoms with E-state index >= 15 is 0 Å². The SMILES string of the molecule is O=S(=O)(Nc1cnn(C[C@@H]2CCCCO2)c1)c1ccc2c(c1)CCO2. The number of ether oxygens (including phenoxy) is 2. The Hall–Kier alpha value is -2.06. The Morgan fingerprint density at radius 2 is 2.20 bits per heavy atom. The standard InChI is InChI=1S/C17H21N3O4S/c21-25(22,16-4-5-17-13(9-16)6-8-24-17)19-14-10-18-20(11-14)12-15-3-1-2-7-23-15/h4-5,9-11,15,19H,1-3,6-8,12H2/t15-/m0/s1. The molecule has 2 aromatic rings. The number of anilines is 1. The second-order valence-electron chi connectivity index (χ2n) is 6.41. The first-order chi connectivity index (χ1) is 12.1. The lowest BCUT2D eigenvalue weighted by atomic mass is 10.1. The van der Waals surface area contributed by atoms with Crippen LogP contribution in [-0.2, 0) is 27.7 Å². The molecule has 8 heteroatoms. The molecule has 7 nitrogen and oxygen atoms in total. The minimum absolute atomic E-state index is 0.148. The third-order valence-corrected chi connectivity index (χ3v) is 5.90. The summed E-state index contributed by atoms with van der Waals surface area (Å²) in [5.41, 5.74) is 1.38. The van der Waals surface area contributed by atoms with E-state index in [1.807, 2.05) is 0 Å². The van der Waals surface area contributed by atoms with Gasteiger partial charge >= 0.3 is 0 Å². The average molecular weight is 363 g/mol. The number of hydrogen-bond donors (Lipinski definition) is 1. The Morgan fingerprint density at radius 3 is 3.04 bits per heavy atom. The average Bonchev–Trinajstić information content (AvgIpc) is 3.24. The van der Waals surface area contributed by atoms with Gasteiger partial charge in [-0.15, -0.1) is 0 Å². The topological polar surface area (TPSA) is 82.5 Å². The predicted molar refractivity (Wildman–Crippen MR) is 92.3 cm³/mol. The summed E-state index contributed by atoms with van der Waals surface area (Å²) in [6.07, 6.45) is 7.38. The highest BCUT2D eigenvalue weighted by Crippen LogP contribution is 2.28. The Kier molecular flexibility index (Phi) is 4.39. The van der Waals surface area contributed by atoms with Crippen molar-refractivity contribution in [1.82, 2.24) is 9.78 Å². The molecule has 1 N–H and O–H groups in total. The van der Waals surface area contributed by atoms with Crippen LogP contribution in [0.15, 0.2) is 35.5 Å². The van der Waals surface area contributed by atoms with Gasteiger partial charge in [-0.05, 0) is 43.0 Å². The molecule has 3 heterocycles. The van der Waals surface area contributed by atoms with Crippen molar-refractivity contribution in [3.8, 4) is 5.75 Å². The van der Waals surface area contributed by atoms with Crippen molar-refractivity contribution in [2.24, 2.45) is 0 Å². The molecule has 0 saturated carbocycles. The van der Waals surface area contributed by atoms with Crippen LogP contribution in [0.5, 0.6) is 5.75 Å². The van der Waals surface area contributed by atoms with Crippen molar-refractivity contribution in [1.29, 1.82) is 0 Å². The van der Waals surface area contributed by atoms with Crippen LogP contribution >= 0.6 is 0 Å². The van der Waals surface area contributed by atoms with Gasteiger partial charge in [0.05, 0.1) is 36.0 Å². The molecule has 1 saturated heterocycles. The maximum atomic E-state index is 12.6. The Morgan fingerprint density at radius 1 is 1.28 bits per heavy atom. The van der Waals surface area contributed by atoms with Crippen molar-refractivity contribution < 1.29 is 17.9 Å². The third kappa shape index (κ3) is 3.64. The van der Waals surface area contributed by atoms with Crippen LogP contribution in [0.2, 0.25) is 0 Å². The molecule has 134 valence electrons. The maximum Gasteiger partial charge on any atom is 0.262 e. The van der Waals surface area contributed by atoms with Crippen LogP contribution in [0.1, 0.15) is 24.8 Å². The number of rotatable bonds is 5. The third-order valence-electron chi connectivity index (χ3n) is 4.52. The van der Waals surface area contributed by atoms with Gasteiger partial charge in [0.25, 0.3) is 10.0 Å². The van der Waals surface area contributed by atoms with E-state index in [9.17, 15) is 8.42 Å². The second kappa shape index (κ2) is 6.68. The van der Waals surface area contributed by atoms with Gasteiger partial charge in [0.2, 0.25) is 0 Å². The Labute approximate surface area is 147 Å². The van der Waals surface area contributed by atoms with Crippen molar-refractivity contribution >= 4 is 15.7 Å². The maximum absolute atomic E-state index is 12.6. The number of hydrogen-bond acceptors (Lipinski definition) is 5. The van der Waals surface area contributed by atoms with Crippen LogP contribution in [0.3, 0.4) is 0 Å². The van der Waals surface area contributed by atoms with E-state index in [2.05, 4.69) is 9.82 Å². The molecule has 1 aromatic heterocycles. The fourth-order valence-electron chi connectivity index (χ4n) is 3.22. The molecule has 1 fully saturated rings. The van der Waals surface area contributed by atoms with E-state index in [0.717, 1.165) is 43.6 Å². The van der Waals surface area contributed by atoms with Gasteiger partial charge in [0.1, 0.15) is 5.75 Å². The highest BCUT2D eigenvalue weighted by atomic mass is 32.2. The van der Waals surface area contributed by atoms with Crippen LogP contribution in [0.4, 0.5) is 5.69 Å². The molecular formula is C17H21N3O4S. The van der Waals surface area contributed by atoms with Crippen LogP contribution < -0.4 is 9.46 Å². The Bertz CT molecular complexity index is 857. The van der Waals surface area contributed by atoms with E-state index in [1.54, 1.807) is 29.1 Å². The Balaban J connectivity index is 1.46. The lowest BCUT2D eigenvalue weighted by Crippen LogP contribution is -2.24. The zero-order chi connectivity index (χ0) is 17.3. The van der Waals surface area contributed by atoms with E-state index in [4.69, 9.17) is 9.47 Å². The number of fused-ring (bicyclic) bond motifs is 1. The van der Waals surface area contributed by atoms with Crippen molar-refractivity contribution in [3.63, 3.8) is 0 Å². The molecule has 0 bridgehead atoms. The molecule has 0 unspecified atom stereocenters. The first kappa shape index (κ1) is 16.4. The summed E-state index contributed by atoms with van der Waals surface area (Å²) in [6.45, 7) is 2.02. The molecule has 1 atom stereocenters. The summed E-state index contributed by atoms with van der Waals surface area (Å²) in [5.74, 6) is 0.763. The van der Waals surface area contributed by atoms with E-state index in [1.165, 1.54) is 6.20 Å². The number of nitrogens with one attached hydrogen (secondary N) is 1. The van der Waals surface area contributed by atoms with Gasteiger partial charge in [0.15, 0.2) is 0 Å². The van der Waals surface area contributed by atoms with E-state index < -0.39 is 10.0 Å². The zero-order valence-corrected chi connectivity index (χ0v) is 14.7. The number of aromatic nitrogens is 2. The monoisotopic (exact) mass is 363 g/mol. The first-order valence-corrected chi connectivity index (χ1v) is 10.0. The minimum atomic E-state index is -3.64. The lowest BCUT2D eigenvalue weighted by molar-refractivity contribution is 0.00401. The van der Waals surface area contributed by atoms with Crippen molar-refractivity contribution in [2.75, 3.05) is 17.9 Å². The summed E-state index contributed by atoms with van der Waals surface area (Å²) in [4.78, 5) is 0.236. The van der Waals surface area contributed by atoms with Crippen molar-refractivity contribution in [3.05, 3.63) is 36.2 Å². The van der Waals surface area contributed by atoms with Gasteiger partial charge in [-0.2, -0.15) is 5.10 Å². The first-order valence-electron chi connectivity index (χ1n) is 8.53. The molecule has 2 aliphatic heterocycles. The summed E-state index contributed by atoms with van der Waals surface area (Å²) >= 11 is 0. The predicted octanol–water partition coefficient (Wildman–Crippen LogP) is 2.19. The molecule has 0 aliphatic carbocycles. The number of benzene rings is 1. The van der Waals surface area contributed by atoms with Gasteiger partial charge < -0.3 is 9.47 Å². The molecular weight excluding hydrogens is 342 g/mol. The molecule has 2 aliphatic rings. The largest absolute Gasteiger partial charge is 0.493 e. The molecule has 4 rings (SSSR count). The number of nitrogens with zero attached hydrogens (tertiary/aromatic N) is 2. The van der Waals surface area contributed by atoms with Crippen LogP contribution in [0.25, 0.3) is 0 Å². The highest BCUT2D eigenvalue weighted by Gasteiger charge is 2.20. The molecule has 25 heavy (non-hydrogen) atoms. The van der Waals surface area contributed by atoms with Crippen molar-refractivity contribution in [2.45, 2.75) is 43.2 Å². The van der Waals surface area contributed by atoms with Gasteiger partial charge in [-0.25, -0.2) is 8.42 Å². The van der Waals surface area contributed by atoms with Gasteiger partial charge in [-0.1, -0.05) is 0 Å². The number of sulfonamides is 1. The normalized spacial score (nSPS) is 20.1. The quantitative estimate of drug-likeness (QED) is 0.880. The summed E-state index contributed by atoms with van der Waals surface area (Å²) in [5, 5.41) is 4.24. The zero-order valence-electron chi connectivity index (χ0n) is 13.8. The van der Waals surface area contributed by atoms with Gasteiger partial charge in [-0.3, -0.25) is 9.40 Å². The smallest absolute Gasteiger partial charge is 0.262 e. The fourth-order valence-corrected chi connectivity index (χ4v) is 4.30. The minimum Gasteiger partial charge on any atom is -0.493 e. The highest BCUT2D eigenvalue weighted by molar-refractivity contribution is 7.92. The molecule has 0 radical (unpaired) electrons. The van der Waals surface area contributed by atoms with E-state index in [-0.39, 0.29) is 11.0 Å².